The molecule has 2 heterocycles. The first kappa shape index (κ1) is 23.1. The molecule has 3 unspecified atom stereocenters. The number of para-hydroxylation sites is 1. The summed E-state index contributed by atoms with van der Waals surface area (Å²) < 4.78 is 22.7. The van der Waals surface area contributed by atoms with Gasteiger partial charge in [-0.1, -0.05) is 18.6 Å². The lowest BCUT2D eigenvalue weighted by atomic mass is 9.92. The van der Waals surface area contributed by atoms with Gasteiger partial charge in [-0.15, -0.1) is 0 Å². The molecule has 1 aliphatic heterocycles. The van der Waals surface area contributed by atoms with Crippen molar-refractivity contribution in [1.29, 1.82) is 0 Å². The van der Waals surface area contributed by atoms with Gasteiger partial charge in [-0.3, -0.25) is 9.59 Å². The molecule has 1 aromatic carbocycles. The minimum atomic E-state index is -0.709. The second-order valence-electron chi connectivity index (χ2n) is 9.40. The smallest absolute Gasteiger partial charge is 0.286 e. The molecule has 182 valence electrons. The van der Waals surface area contributed by atoms with Crippen molar-refractivity contribution in [3.05, 3.63) is 58.2 Å². The topological polar surface area (TPSA) is 107 Å². The van der Waals surface area contributed by atoms with Crippen LogP contribution in [-0.4, -0.2) is 49.8 Å². The monoisotopic (exact) mass is 469 g/mol. The highest BCUT2D eigenvalue weighted by Crippen LogP contribution is 2.44. The summed E-state index contributed by atoms with van der Waals surface area (Å²) in [6.07, 6.45) is 7.47. The summed E-state index contributed by atoms with van der Waals surface area (Å²) in [4.78, 5) is 26.3. The van der Waals surface area contributed by atoms with Crippen LogP contribution in [-0.2, 0) is 19.0 Å². The van der Waals surface area contributed by atoms with Gasteiger partial charge in [-0.2, -0.15) is 0 Å². The van der Waals surface area contributed by atoms with E-state index >= 15 is 0 Å². The lowest BCUT2D eigenvalue weighted by Crippen LogP contribution is -2.41. The molecule has 2 aliphatic carbocycles. The molecule has 2 saturated carbocycles. The van der Waals surface area contributed by atoms with Crippen molar-refractivity contribution in [2.45, 2.75) is 50.4 Å². The fourth-order valence-corrected chi connectivity index (χ4v) is 5.55. The largest absolute Gasteiger partial charge is 0.464 e. The highest BCUT2D eigenvalue weighted by Gasteiger charge is 2.41. The number of rotatable bonds is 9. The summed E-state index contributed by atoms with van der Waals surface area (Å²) in [5.41, 5.74) is 0.871. The molecule has 2 bridgehead atoms. The third kappa shape index (κ3) is 4.89. The Kier molecular flexibility index (Phi) is 6.99. The van der Waals surface area contributed by atoms with Crippen molar-refractivity contribution >= 4 is 16.9 Å². The molecule has 0 radical (unpaired) electrons. The van der Waals surface area contributed by atoms with Crippen LogP contribution in [0.3, 0.4) is 0 Å². The number of carbonyl (C=O) groups is 1. The summed E-state index contributed by atoms with van der Waals surface area (Å²) in [6, 6.07) is 7.29. The number of amides is 1. The van der Waals surface area contributed by atoms with E-state index in [0.717, 1.165) is 12.8 Å². The predicted molar refractivity (Wildman–Crippen MR) is 124 cm³/mol. The van der Waals surface area contributed by atoms with Gasteiger partial charge in [0.2, 0.25) is 6.29 Å². The molecule has 5 rings (SSSR count). The highest BCUT2D eigenvalue weighted by atomic mass is 16.7. The number of aliphatic hydroxyl groups is 1. The fraction of sp³-hybridized carbons (Fsp3) is 0.538. The van der Waals surface area contributed by atoms with Crippen molar-refractivity contribution in [1.82, 2.24) is 5.32 Å². The van der Waals surface area contributed by atoms with Crippen molar-refractivity contribution < 1.29 is 28.5 Å². The van der Waals surface area contributed by atoms with Crippen LogP contribution in [0.15, 0.2) is 51.6 Å². The molecule has 0 spiro atoms. The van der Waals surface area contributed by atoms with Gasteiger partial charge in [0.1, 0.15) is 5.58 Å². The normalized spacial score (nSPS) is 28.0. The first-order valence-electron chi connectivity index (χ1n) is 12.1. The first-order valence-corrected chi connectivity index (χ1v) is 12.1. The van der Waals surface area contributed by atoms with Gasteiger partial charge in [0.05, 0.1) is 38.1 Å². The zero-order valence-electron chi connectivity index (χ0n) is 19.1. The predicted octanol–water partition coefficient (Wildman–Crippen LogP) is 2.84. The minimum absolute atomic E-state index is 0.0597. The Labute approximate surface area is 197 Å². The number of hydrogen-bond donors (Lipinski definition) is 2. The van der Waals surface area contributed by atoms with E-state index in [-0.39, 0.29) is 43.0 Å². The molecule has 34 heavy (non-hydrogen) atoms. The molecular formula is C26H31NO7. The molecule has 2 aromatic rings. The number of benzene rings is 1. The molecule has 5 atom stereocenters. The lowest BCUT2D eigenvalue weighted by molar-refractivity contribution is -0.151. The summed E-state index contributed by atoms with van der Waals surface area (Å²) in [5.74, 6) is 0.767. The number of aliphatic hydroxyl groups excluding tert-OH is 1. The van der Waals surface area contributed by atoms with Gasteiger partial charge in [-0.25, -0.2) is 0 Å². The average Bonchev–Trinajstić information content (AvgIpc) is 3.47. The molecule has 3 aliphatic rings. The summed E-state index contributed by atoms with van der Waals surface area (Å²) in [7, 11) is 0. The number of ether oxygens (including phenoxy) is 3. The number of fused-ring (bicyclic) bond motifs is 3. The van der Waals surface area contributed by atoms with E-state index in [9.17, 15) is 9.59 Å². The third-order valence-electron chi connectivity index (χ3n) is 7.21. The molecule has 2 N–H and O–H groups in total. The lowest BCUT2D eigenvalue weighted by Gasteiger charge is -2.30. The van der Waals surface area contributed by atoms with Gasteiger partial charge in [0.25, 0.3) is 5.91 Å². The van der Waals surface area contributed by atoms with Crippen LogP contribution < -0.4 is 10.7 Å². The van der Waals surface area contributed by atoms with Crippen LogP contribution in [0.5, 0.6) is 0 Å². The van der Waals surface area contributed by atoms with Gasteiger partial charge in [0, 0.05) is 23.9 Å². The molecule has 8 heteroatoms. The zero-order valence-corrected chi connectivity index (χ0v) is 19.1. The van der Waals surface area contributed by atoms with Gasteiger partial charge in [0.15, 0.2) is 11.2 Å². The van der Waals surface area contributed by atoms with Gasteiger partial charge in [-0.05, 0) is 49.3 Å². The third-order valence-corrected chi connectivity index (χ3v) is 7.21. The van der Waals surface area contributed by atoms with Crippen molar-refractivity contribution in [2.24, 2.45) is 11.8 Å². The second kappa shape index (κ2) is 10.3. The first-order chi connectivity index (χ1) is 16.6. The Balaban J connectivity index is 1.36. The number of carbonyl (C=O) groups excluding carboxylic acids is 1. The summed E-state index contributed by atoms with van der Waals surface area (Å²) in [6.45, 7) is 0.702. The molecule has 1 amide bonds. The fourth-order valence-electron chi connectivity index (χ4n) is 5.55. The molecule has 2 fully saturated rings. The molecule has 8 nitrogen and oxygen atoms in total. The van der Waals surface area contributed by atoms with Gasteiger partial charge >= 0.3 is 0 Å². The van der Waals surface area contributed by atoms with Crippen LogP contribution in [0, 0.1) is 11.8 Å². The highest BCUT2D eigenvalue weighted by molar-refractivity contribution is 5.92. The molecule has 1 aromatic heterocycles. The quantitative estimate of drug-likeness (QED) is 0.544. The van der Waals surface area contributed by atoms with Crippen LogP contribution in [0.4, 0.5) is 0 Å². The minimum Gasteiger partial charge on any atom is -0.464 e. The second-order valence-corrected chi connectivity index (χ2v) is 9.40. The maximum atomic E-state index is 13.2. The molecule has 0 saturated heterocycles. The van der Waals surface area contributed by atoms with Crippen molar-refractivity contribution in [2.75, 3.05) is 26.4 Å². The number of allylic oxidation sites excluding steroid dienone is 1. The van der Waals surface area contributed by atoms with E-state index in [2.05, 4.69) is 5.32 Å². The Morgan fingerprint density at radius 3 is 2.79 bits per heavy atom. The average molecular weight is 470 g/mol. The Morgan fingerprint density at radius 2 is 2.00 bits per heavy atom. The number of nitrogens with one attached hydrogen (secondary N) is 1. The van der Waals surface area contributed by atoms with Crippen LogP contribution in [0.25, 0.3) is 11.0 Å². The van der Waals surface area contributed by atoms with Gasteiger partial charge < -0.3 is 29.1 Å². The van der Waals surface area contributed by atoms with Crippen molar-refractivity contribution in [3.8, 4) is 0 Å². The Bertz CT molecular complexity index is 1110. The summed E-state index contributed by atoms with van der Waals surface area (Å²) in [5, 5.41) is 12.5. The van der Waals surface area contributed by atoms with E-state index < -0.39 is 12.2 Å². The summed E-state index contributed by atoms with van der Waals surface area (Å²) >= 11 is 0. The maximum absolute atomic E-state index is 13.2. The van der Waals surface area contributed by atoms with E-state index in [0.29, 0.717) is 41.4 Å². The standard InChI is InChI=1S/C26H31NO7/c28-7-8-31-9-10-32-24-14-18(20-15-33-22-4-2-1-3-19(22)25(20)29)13-23(34-24)26(30)27-21-12-16-5-6-17(21)11-16/h1-4,13,15-18,21,24,28H,5-12,14H2,(H,27,30)/t16?,17?,18-,21?,24+/m0/s1. The molecular weight excluding hydrogens is 438 g/mol. The van der Waals surface area contributed by atoms with Crippen LogP contribution in [0.2, 0.25) is 0 Å². The van der Waals surface area contributed by atoms with Crippen LogP contribution in [0.1, 0.15) is 43.6 Å². The van der Waals surface area contributed by atoms with Crippen LogP contribution >= 0.6 is 0 Å². The Hall–Kier alpha value is -2.68. The van der Waals surface area contributed by atoms with E-state index in [1.165, 1.54) is 19.1 Å². The van der Waals surface area contributed by atoms with Crippen molar-refractivity contribution in [3.63, 3.8) is 0 Å². The Morgan fingerprint density at radius 1 is 1.12 bits per heavy atom. The number of hydrogen-bond acceptors (Lipinski definition) is 7. The maximum Gasteiger partial charge on any atom is 0.286 e. The SMILES string of the molecule is O=C(NC1CC2CCC1C2)C1=C[C@H](c2coc3ccccc3c2=O)C[C@H](OCCOCCO)O1. The van der Waals surface area contributed by atoms with E-state index in [1.807, 2.05) is 6.07 Å². The van der Waals surface area contributed by atoms with E-state index in [1.54, 1.807) is 24.3 Å². The van der Waals surface area contributed by atoms with E-state index in [4.69, 9.17) is 23.7 Å². The zero-order chi connectivity index (χ0) is 23.5.